The van der Waals surface area contributed by atoms with Gasteiger partial charge in [-0.15, -0.1) is 0 Å². The van der Waals surface area contributed by atoms with Crippen LogP contribution in [-0.2, 0) is 9.53 Å². The minimum Gasteiger partial charge on any atom is -0.378 e. The summed E-state index contributed by atoms with van der Waals surface area (Å²) < 4.78 is 5.34. The summed E-state index contributed by atoms with van der Waals surface area (Å²) in [6.07, 6.45) is 8.82. The van der Waals surface area contributed by atoms with E-state index in [-0.39, 0.29) is 11.9 Å². The van der Waals surface area contributed by atoms with E-state index in [9.17, 15) is 14.9 Å². The third-order valence-electron chi connectivity index (χ3n) is 7.03. The molecule has 3 amide bonds. The molecule has 1 unspecified atom stereocenters. The predicted octanol–water partition coefficient (Wildman–Crippen LogP) is 2.25. The van der Waals surface area contributed by atoms with E-state index in [0.717, 1.165) is 38.9 Å². The van der Waals surface area contributed by atoms with Gasteiger partial charge in [0.1, 0.15) is 11.6 Å². The molecule has 31 heavy (non-hydrogen) atoms. The summed E-state index contributed by atoms with van der Waals surface area (Å²) >= 11 is 0. The lowest BCUT2D eigenvalue weighted by Gasteiger charge is -2.39. The molecule has 0 aromatic carbocycles. The van der Waals surface area contributed by atoms with Crippen LogP contribution in [0.4, 0.5) is 4.79 Å². The van der Waals surface area contributed by atoms with Crippen LogP contribution >= 0.6 is 0 Å². The predicted molar refractivity (Wildman–Crippen MR) is 118 cm³/mol. The van der Waals surface area contributed by atoms with Crippen LogP contribution in [0.1, 0.15) is 64.7 Å². The molecule has 2 heterocycles. The molecular formula is C23H39N5O3. The van der Waals surface area contributed by atoms with E-state index in [4.69, 9.17) is 4.74 Å². The zero-order valence-corrected chi connectivity index (χ0v) is 19.0. The van der Waals surface area contributed by atoms with Gasteiger partial charge in [0.25, 0.3) is 0 Å². The Hall–Kier alpha value is -1.85. The van der Waals surface area contributed by atoms with Gasteiger partial charge in [-0.05, 0) is 38.1 Å². The molecule has 2 N–H and O–H groups in total. The molecule has 0 aromatic rings. The number of nitriles is 1. The van der Waals surface area contributed by atoms with E-state index >= 15 is 0 Å². The summed E-state index contributed by atoms with van der Waals surface area (Å²) in [5, 5.41) is 16.0. The molecule has 174 valence electrons. The van der Waals surface area contributed by atoms with Crippen molar-refractivity contribution in [2.45, 2.75) is 76.3 Å². The normalized spacial score (nSPS) is 23.5. The highest BCUT2D eigenvalue weighted by Gasteiger charge is 2.38. The van der Waals surface area contributed by atoms with E-state index in [2.05, 4.69) is 28.5 Å². The first-order valence-electron chi connectivity index (χ1n) is 12.1. The highest BCUT2D eigenvalue weighted by atomic mass is 16.5. The SMILES string of the molecule is CCCN1CCC(C#N)(NC(=O)C(CC2CCCCC2)NC(=O)N2CCOCC2)CC1. The molecule has 0 spiro atoms. The smallest absolute Gasteiger partial charge is 0.318 e. The van der Waals surface area contributed by atoms with Gasteiger partial charge in [0.05, 0.1) is 19.3 Å². The average molecular weight is 434 g/mol. The Labute approximate surface area is 186 Å². The molecule has 3 fully saturated rings. The van der Waals surface area contributed by atoms with Crippen molar-refractivity contribution in [3.63, 3.8) is 0 Å². The fraction of sp³-hybridized carbons (Fsp3) is 0.870. The maximum absolute atomic E-state index is 13.3. The van der Waals surface area contributed by atoms with Crippen molar-refractivity contribution in [2.24, 2.45) is 5.92 Å². The van der Waals surface area contributed by atoms with E-state index < -0.39 is 11.6 Å². The lowest BCUT2D eigenvalue weighted by atomic mass is 9.84. The molecular weight excluding hydrogens is 394 g/mol. The third-order valence-corrected chi connectivity index (χ3v) is 7.03. The van der Waals surface area contributed by atoms with Crippen LogP contribution in [0.3, 0.4) is 0 Å². The molecule has 3 rings (SSSR count). The van der Waals surface area contributed by atoms with Gasteiger partial charge in [-0.2, -0.15) is 5.26 Å². The quantitative estimate of drug-likeness (QED) is 0.642. The number of hydrogen-bond donors (Lipinski definition) is 2. The second-order valence-corrected chi connectivity index (χ2v) is 9.37. The Morgan fingerprint density at radius 2 is 1.81 bits per heavy atom. The van der Waals surface area contributed by atoms with Gasteiger partial charge in [-0.1, -0.05) is 39.0 Å². The van der Waals surface area contributed by atoms with E-state index in [1.807, 2.05) is 0 Å². The fourth-order valence-corrected chi connectivity index (χ4v) is 5.06. The molecule has 0 radical (unpaired) electrons. The minimum absolute atomic E-state index is 0.206. The summed E-state index contributed by atoms with van der Waals surface area (Å²) in [7, 11) is 0. The van der Waals surface area contributed by atoms with Gasteiger partial charge >= 0.3 is 6.03 Å². The maximum Gasteiger partial charge on any atom is 0.318 e. The van der Waals surface area contributed by atoms with Crippen LogP contribution in [0.5, 0.6) is 0 Å². The molecule has 2 saturated heterocycles. The second-order valence-electron chi connectivity index (χ2n) is 9.37. The lowest BCUT2D eigenvalue weighted by Crippen LogP contribution is -2.60. The van der Waals surface area contributed by atoms with Gasteiger partial charge in [0, 0.05) is 26.2 Å². The van der Waals surface area contributed by atoms with Crippen LogP contribution in [0.2, 0.25) is 0 Å². The standard InChI is InChI=1S/C23H39N5O3/c1-2-10-27-11-8-23(18-24,9-12-27)26-21(29)20(17-19-6-4-3-5-7-19)25-22(30)28-13-15-31-16-14-28/h19-20H,2-17H2,1H3,(H,25,30)(H,26,29). The van der Waals surface area contributed by atoms with Crippen LogP contribution < -0.4 is 10.6 Å². The summed E-state index contributed by atoms with van der Waals surface area (Å²) in [5.41, 5.74) is -0.837. The summed E-state index contributed by atoms with van der Waals surface area (Å²) in [4.78, 5) is 30.2. The first-order chi connectivity index (χ1) is 15.0. The largest absolute Gasteiger partial charge is 0.378 e. The molecule has 3 aliphatic rings. The average Bonchev–Trinajstić information content (AvgIpc) is 2.81. The Morgan fingerprint density at radius 3 is 2.42 bits per heavy atom. The Bertz CT molecular complexity index is 630. The zero-order chi connectivity index (χ0) is 22.1. The fourth-order valence-electron chi connectivity index (χ4n) is 5.06. The monoisotopic (exact) mass is 433 g/mol. The van der Waals surface area contributed by atoms with Crippen molar-refractivity contribution in [1.29, 1.82) is 5.26 Å². The second kappa shape index (κ2) is 11.7. The van der Waals surface area contributed by atoms with Crippen LogP contribution in [0, 0.1) is 17.2 Å². The number of nitrogens with one attached hydrogen (secondary N) is 2. The number of urea groups is 1. The topological polar surface area (TPSA) is 97.7 Å². The molecule has 1 aliphatic carbocycles. The zero-order valence-electron chi connectivity index (χ0n) is 19.0. The third kappa shape index (κ3) is 6.81. The molecule has 8 heteroatoms. The van der Waals surface area contributed by atoms with Crippen molar-refractivity contribution in [1.82, 2.24) is 20.4 Å². The molecule has 1 atom stereocenters. The lowest BCUT2D eigenvalue weighted by molar-refractivity contribution is -0.125. The Balaban J connectivity index is 1.64. The van der Waals surface area contributed by atoms with Crippen molar-refractivity contribution >= 4 is 11.9 Å². The van der Waals surface area contributed by atoms with Crippen LogP contribution in [0.15, 0.2) is 0 Å². The molecule has 1 saturated carbocycles. The molecule has 2 aliphatic heterocycles. The maximum atomic E-state index is 13.3. The number of rotatable bonds is 7. The summed E-state index contributed by atoms with van der Waals surface area (Å²) in [6, 6.07) is 1.58. The first-order valence-corrected chi connectivity index (χ1v) is 12.1. The number of carbonyl (C=O) groups is 2. The van der Waals surface area contributed by atoms with Gasteiger partial charge in [-0.3, -0.25) is 4.79 Å². The highest BCUT2D eigenvalue weighted by Crippen LogP contribution is 2.28. The Kier molecular flexibility index (Phi) is 8.97. The van der Waals surface area contributed by atoms with E-state index in [0.29, 0.717) is 51.5 Å². The minimum atomic E-state index is -0.837. The number of ether oxygens (including phenoxy) is 1. The van der Waals surface area contributed by atoms with Crippen LogP contribution in [-0.4, -0.2) is 79.3 Å². The van der Waals surface area contributed by atoms with E-state index in [1.54, 1.807) is 4.90 Å². The van der Waals surface area contributed by atoms with Crippen molar-refractivity contribution < 1.29 is 14.3 Å². The number of nitrogens with zero attached hydrogens (tertiary/aromatic N) is 3. The number of carbonyl (C=O) groups excluding carboxylic acids is 2. The van der Waals surface area contributed by atoms with Crippen LogP contribution in [0.25, 0.3) is 0 Å². The summed E-state index contributed by atoms with van der Waals surface area (Å²) in [6.45, 7) is 6.94. The number of amides is 3. The van der Waals surface area contributed by atoms with Gasteiger partial charge in [0.2, 0.25) is 5.91 Å². The van der Waals surface area contributed by atoms with Gasteiger partial charge in [-0.25, -0.2) is 4.79 Å². The number of hydrogen-bond acceptors (Lipinski definition) is 5. The number of piperidine rings is 1. The molecule has 8 nitrogen and oxygen atoms in total. The first kappa shape index (κ1) is 23.8. The highest BCUT2D eigenvalue weighted by molar-refractivity contribution is 5.87. The van der Waals surface area contributed by atoms with Crippen molar-refractivity contribution in [3.8, 4) is 6.07 Å². The number of morpholine rings is 1. The summed E-state index contributed by atoms with van der Waals surface area (Å²) in [5.74, 6) is 0.233. The molecule has 0 bridgehead atoms. The van der Waals surface area contributed by atoms with Crippen molar-refractivity contribution in [2.75, 3.05) is 45.9 Å². The number of likely N-dealkylation sites (tertiary alicyclic amines) is 1. The molecule has 0 aromatic heterocycles. The van der Waals surface area contributed by atoms with E-state index in [1.165, 1.54) is 19.3 Å². The van der Waals surface area contributed by atoms with Crippen molar-refractivity contribution in [3.05, 3.63) is 0 Å². The Morgan fingerprint density at radius 1 is 1.13 bits per heavy atom. The van der Waals surface area contributed by atoms with Gasteiger partial charge in [0.15, 0.2) is 0 Å². The van der Waals surface area contributed by atoms with Gasteiger partial charge < -0.3 is 25.2 Å².